The van der Waals surface area contributed by atoms with E-state index in [1.807, 2.05) is 42.3 Å². The van der Waals surface area contributed by atoms with Crippen LogP contribution in [0.15, 0.2) is 47.1 Å². The summed E-state index contributed by atoms with van der Waals surface area (Å²) in [5.41, 5.74) is 3.27. The van der Waals surface area contributed by atoms with Crippen LogP contribution in [0.25, 0.3) is 11.1 Å². The van der Waals surface area contributed by atoms with Crippen LogP contribution in [-0.2, 0) is 0 Å². The second-order valence-corrected chi connectivity index (χ2v) is 5.95. The van der Waals surface area contributed by atoms with E-state index in [9.17, 15) is 4.79 Å². The second-order valence-electron chi connectivity index (χ2n) is 5.95. The fourth-order valence-electron chi connectivity index (χ4n) is 3.09. The number of pyridine rings is 2. The average molecular weight is 395 g/mol. The van der Waals surface area contributed by atoms with E-state index >= 15 is 0 Å². The van der Waals surface area contributed by atoms with Crippen molar-refractivity contribution in [2.75, 3.05) is 19.6 Å². The number of aromatic nitrogens is 2. The average Bonchev–Trinajstić information content (AvgIpc) is 3.05. The van der Waals surface area contributed by atoms with Crippen molar-refractivity contribution in [3.63, 3.8) is 0 Å². The third kappa shape index (κ3) is 3.82. The van der Waals surface area contributed by atoms with Crippen LogP contribution in [0.5, 0.6) is 0 Å². The highest BCUT2D eigenvalue weighted by Gasteiger charge is 2.30. The summed E-state index contributed by atoms with van der Waals surface area (Å²) < 4.78 is 5.73. The number of hydrogen-bond donors (Lipinski definition) is 1. The van der Waals surface area contributed by atoms with Crippen molar-refractivity contribution in [1.82, 2.24) is 20.2 Å². The van der Waals surface area contributed by atoms with Crippen LogP contribution in [0, 0.1) is 6.92 Å². The van der Waals surface area contributed by atoms with E-state index in [4.69, 9.17) is 4.42 Å². The number of nitrogens with one attached hydrogen (secondary N) is 1. The van der Waals surface area contributed by atoms with Crippen molar-refractivity contribution in [3.05, 3.63) is 59.7 Å². The monoisotopic (exact) mass is 394 g/mol. The Balaban J connectivity index is 0.00000121. The van der Waals surface area contributed by atoms with Gasteiger partial charge in [0.2, 0.25) is 0 Å². The van der Waals surface area contributed by atoms with Gasteiger partial charge in [-0.2, -0.15) is 0 Å². The van der Waals surface area contributed by atoms with E-state index in [1.165, 1.54) is 0 Å². The third-order valence-corrected chi connectivity index (χ3v) is 4.30. The van der Waals surface area contributed by atoms with Gasteiger partial charge in [-0.25, -0.2) is 4.98 Å². The number of carbonyl (C=O) groups excluding carboxylic acids is 1. The first kappa shape index (κ1) is 20.2. The van der Waals surface area contributed by atoms with Gasteiger partial charge in [-0.1, -0.05) is 6.07 Å². The van der Waals surface area contributed by atoms with Gasteiger partial charge in [0.1, 0.15) is 5.52 Å². The number of nitrogens with zero attached hydrogens (tertiary/aromatic N) is 3. The van der Waals surface area contributed by atoms with Gasteiger partial charge in [-0.3, -0.25) is 9.78 Å². The first-order chi connectivity index (χ1) is 11.7. The predicted molar refractivity (Wildman–Crippen MR) is 104 cm³/mol. The highest BCUT2D eigenvalue weighted by Crippen LogP contribution is 2.26. The minimum absolute atomic E-state index is 0. The molecule has 1 amide bonds. The van der Waals surface area contributed by atoms with Gasteiger partial charge >= 0.3 is 0 Å². The number of carbonyl (C=O) groups is 1. The molecule has 1 aliphatic heterocycles. The van der Waals surface area contributed by atoms with Gasteiger partial charge in [0.05, 0.1) is 6.04 Å². The molecule has 1 unspecified atom stereocenters. The van der Waals surface area contributed by atoms with Gasteiger partial charge in [0.25, 0.3) is 5.91 Å². The molecule has 26 heavy (non-hydrogen) atoms. The normalized spacial score (nSPS) is 16.7. The topological polar surface area (TPSA) is 71.3 Å². The molecule has 1 saturated heterocycles. The lowest BCUT2D eigenvalue weighted by molar-refractivity contribution is 0.0603. The van der Waals surface area contributed by atoms with E-state index in [2.05, 4.69) is 15.3 Å². The SMILES string of the molecule is Cc1ccc2oc(C(=O)N3CCNCC3c3cccnc3)cc2n1.Cl.Cl. The third-order valence-electron chi connectivity index (χ3n) is 4.30. The molecule has 4 rings (SSSR count). The van der Waals surface area contributed by atoms with Crippen LogP contribution in [0.4, 0.5) is 0 Å². The summed E-state index contributed by atoms with van der Waals surface area (Å²) in [4.78, 5) is 23.4. The summed E-state index contributed by atoms with van der Waals surface area (Å²) in [5, 5.41) is 3.34. The van der Waals surface area contributed by atoms with Gasteiger partial charge in [-0.05, 0) is 30.7 Å². The molecule has 0 aliphatic carbocycles. The number of furan rings is 1. The van der Waals surface area contributed by atoms with Gasteiger partial charge < -0.3 is 14.6 Å². The first-order valence-electron chi connectivity index (χ1n) is 8.01. The molecule has 3 aromatic rings. The van der Waals surface area contributed by atoms with Crippen molar-refractivity contribution < 1.29 is 9.21 Å². The minimum Gasteiger partial charge on any atom is -0.449 e. The Hall–Kier alpha value is -2.15. The maximum Gasteiger partial charge on any atom is 0.290 e. The van der Waals surface area contributed by atoms with Gasteiger partial charge in [0.15, 0.2) is 11.3 Å². The Labute approximate surface area is 163 Å². The van der Waals surface area contributed by atoms with E-state index in [1.54, 1.807) is 12.3 Å². The van der Waals surface area contributed by atoms with Crippen LogP contribution in [0.2, 0.25) is 0 Å². The molecule has 0 saturated carbocycles. The Morgan fingerprint density at radius 2 is 2.15 bits per heavy atom. The molecule has 1 N–H and O–H groups in total. The number of piperazine rings is 1. The predicted octanol–water partition coefficient (Wildman–Crippen LogP) is 3.16. The summed E-state index contributed by atoms with van der Waals surface area (Å²) >= 11 is 0. The molecule has 3 aromatic heterocycles. The van der Waals surface area contributed by atoms with Crippen molar-refractivity contribution in [2.45, 2.75) is 13.0 Å². The largest absolute Gasteiger partial charge is 0.449 e. The minimum atomic E-state index is -0.110. The standard InChI is InChI=1S/C18H18N4O2.2ClH/c1-12-4-5-16-14(21-12)9-17(24-16)18(23)22-8-7-20-11-15(22)13-3-2-6-19-10-13;;/h2-6,9-10,15,20H,7-8,11H2,1H3;2*1H. The van der Waals surface area contributed by atoms with Crippen molar-refractivity contribution >= 4 is 41.8 Å². The summed E-state index contributed by atoms with van der Waals surface area (Å²) in [7, 11) is 0. The number of rotatable bonds is 2. The molecule has 0 spiro atoms. The Kier molecular flexibility index (Phi) is 6.58. The highest BCUT2D eigenvalue weighted by atomic mass is 35.5. The summed E-state index contributed by atoms with van der Waals surface area (Å²) in [5.74, 6) is 0.222. The van der Waals surface area contributed by atoms with E-state index in [-0.39, 0.29) is 36.8 Å². The highest BCUT2D eigenvalue weighted by molar-refractivity contribution is 5.95. The van der Waals surface area contributed by atoms with Crippen LogP contribution in [0.1, 0.15) is 27.9 Å². The molecular formula is C18H20Cl2N4O2. The summed E-state index contributed by atoms with van der Waals surface area (Å²) in [6.07, 6.45) is 3.54. The molecular weight excluding hydrogens is 375 g/mol. The Morgan fingerprint density at radius 3 is 2.92 bits per heavy atom. The van der Waals surface area contributed by atoms with Crippen molar-refractivity contribution in [2.24, 2.45) is 0 Å². The quantitative estimate of drug-likeness (QED) is 0.722. The van der Waals surface area contributed by atoms with E-state index in [0.29, 0.717) is 29.9 Å². The summed E-state index contributed by atoms with van der Waals surface area (Å²) in [6.45, 7) is 4.01. The van der Waals surface area contributed by atoms with Gasteiger partial charge in [-0.15, -0.1) is 24.8 Å². The zero-order valence-corrected chi connectivity index (χ0v) is 15.8. The summed E-state index contributed by atoms with van der Waals surface area (Å²) in [6, 6.07) is 9.29. The molecule has 0 radical (unpaired) electrons. The van der Waals surface area contributed by atoms with Crippen LogP contribution in [-0.4, -0.2) is 40.4 Å². The fourth-order valence-corrected chi connectivity index (χ4v) is 3.09. The smallest absolute Gasteiger partial charge is 0.290 e. The molecule has 0 bridgehead atoms. The zero-order valence-electron chi connectivity index (χ0n) is 14.2. The number of amides is 1. The van der Waals surface area contributed by atoms with Gasteiger partial charge in [0, 0.05) is 43.8 Å². The number of fused-ring (bicyclic) bond motifs is 1. The lowest BCUT2D eigenvalue weighted by Crippen LogP contribution is -2.48. The van der Waals surface area contributed by atoms with E-state index < -0.39 is 0 Å². The molecule has 0 aromatic carbocycles. The van der Waals surface area contributed by atoms with Crippen molar-refractivity contribution in [3.8, 4) is 0 Å². The number of halogens is 2. The second kappa shape index (κ2) is 8.49. The maximum absolute atomic E-state index is 13.0. The van der Waals surface area contributed by atoms with Crippen LogP contribution < -0.4 is 5.32 Å². The maximum atomic E-state index is 13.0. The molecule has 1 atom stereocenters. The lowest BCUT2D eigenvalue weighted by atomic mass is 10.0. The first-order valence-corrected chi connectivity index (χ1v) is 8.01. The van der Waals surface area contributed by atoms with Crippen molar-refractivity contribution in [1.29, 1.82) is 0 Å². The molecule has 4 heterocycles. The number of hydrogen-bond acceptors (Lipinski definition) is 5. The van der Waals surface area contributed by atoms with Crippen LogP contribution >= 0.6 is 24.8 Å². The van der Waals surface area contributed by atoms with Crippen LogP contribution in [0.3, 0.4) is 0 Å². The molecule has 138 valence electrons. The van der Waals surface area contributed by atoms with E-state index in [0.717, 1.165) is 17.8 Å². The fraction of sp³-hybridized carbons (Fsp3) is 0.278. The Bertz CT molecular complexity index is 885. The lowest BCUT2D eigenvalue weighted by Gasteiger charge is -2.35. The molecule has 8 heteroatoms. The molecule has 1 fully saturated rings. The Morgan fingerprint density at radius 1 is 1.31 bits per heavy atom. The zero-order chi connectivity index (χ0) is 16.5. The molecule has 1 aliphatic rings. The number of aryl methyl sites for hydroxylation is 1. The molecule has 6 nitrogen and oxygen atoms in total.